The van der Waals surface area contributed by atoms with Crippen molar-refractivity contribution in [2.24, 2.45) is 0 Å². The van der Waals surface area contributed by atoms with E-state index in [4.69, 9.17) is 5.11 Å². The Morgan fingerprint density at radius 3 is 2.95 bits per heavy atom. The number of carbonyl (C=O) groups excluding carboxylic acids is 1. The van der Waals surface area contributed by atoms with Crippen LogP contribution in [-0.4, -0.2) is 22.6 Å². The van der Waals surface area contributed by atoms with E-state index in [-0.39, 0.29) is 18.2 Å². The Morgan fingerprint density at radius 2 is 2.19 bits per heavy atom. The molecule has 2 aromatic rings. The second kappa shape index (κ2) is 7.22. The lowest BCUT2D eigenvalue weighted by atomic mass is 10.1. The standard InChI is InChI=1S/C17H16N2O2/c1-13-6-4-9-15(12-13)19-17(21)16-14(7-2-3-11-20)8-5-10-18-16/h4-6,8-10,12,20H,3,11H2,1H3,(H,19,21). The van der Waals surface area contributed by atoms with E-state index in [1.54, 1.807) is 18.3 Å². The Hall–Kier alpha value is -2.64. The van der Waals surface area contributed by atoms with Gasteiger partial charge in [0.05, 0.1) is 12.2 Å². The molecule has 0 atom stereocenters. The number of nitrogens with zero attached hydrogens (tertiary/aromatic N) is 1. The summed E-state index contributed by atoms with van der Waals surface area (Å²) >= 11 is 0. The number of aliphatic hydroxyl groups excluding tert-OH is 1. The minimum absolute atomic E-state index is 0.00190. The lowest BCUT2D eigenvalue weighted by Gasteiger charge is -2.06. The summed E-state index contributed by atoms with van der Waals surface area (Å²) in [5.74, 6) is 5.36. The van der Waals surface area contributed by atoms with Crippen molar-refractivity contribution in [1.82, 2.24) is 4.98 Å². The van der Waals surface area contributed by atoms with Crippen molar-refractivity contribution >= 4 is 11.6 Å². The van der Waals surface area contributed by atoms with Gasteiger partial charge >= 0.3 is 0 Å². The van der Waals surface area contributed by atoms with E-state index in [2.05, 4.69) is 22.1 Å². The van der Waals surface area contributed by atoms with Crippen molar-refractivity contribution < 1.29 is 9.90 Å². The van der Waals surface area contributed by atoms with Crippen LogP contribution in [0.15, 0.2) is 42.6 Å². The zero-order chi connectivity index (χ0) is 15.1. The fourth-order valence-electron chi connectivity index (χ4n) is 1.81. The molecule has 0 bridgehead atoms. The summed E-state index contributed by atoms with van der Waals surface area (Å²) in [5.41, 5.74) is 2.62. The average Bonchev–Trinajstić information content (AvgIpc) is 2.48. The van der Waals surface area contributed by atoms with Gasteiger partial charge in [-0.15, -0.1) is 0 Å². The van der Waals surface area contributed by atoms with Gasteiger partial charge in [-0.1, -0.05) is 24.0 Å². The van der Waals surface area contributed by atoms with E-state index >= 15 is 0 Å². The summed E-state index contributed by atoms with van der Waals surface area (Å²) in [5, 5.41) is 11.6. The molecule has 21 heavy (non-hydrogen) atoms. The molecule has 0 aliphatic rings. The number of carbonyl (C=O) groups is 1. The van der Waals surface area contributed by atoms with Crippen LogP contribution in [0.1, 0.15) is 28.0 Å². The molecular weight excluding hydrogens is 264 g/mol. The molecule has 0 radical (unpaired) electrons. The molecule has 0 fully saturated rings. The highest BCUT2D eigenvalue weighted by Crippen LogP contribution is 2.12. The molecule has 0 spiro atoms. The molecule has 0 saturated carbocycles. The number of pyridine rings is 1. The third kappa shape index (κ3) is 4.16. The lowest BCUT2D eigenvalue weighted by molar-refractivity contribution is 0.102. The third-order valence-electron chi connectivity index (χ3n) is 2.76. The first kappa shape index (κ1) is 14.8. The van der Waals surface area contributed by atoms with Gasteiger partial charge in [-0.2, -0.15) is 0 Å². The fourth-order valence-corrected chi connectivity index (χ4v) is 1.81. The molecule has 0 aliphatic carbocycles. The maximum Gasteiger partial charge on any atom is 0.275 e. The zero-order valence-corrected chi connectivity index (χ0v) is 11.8. The number of nitrogens with one attached hydrogen (secondary N) is 1. The number of aliphatic hydroxyl groups is 1. The van der Waals surface area contributed by atoms with Gasteiger partial charge in [-0.05, 0) is 36.8 Å². The largest absolute Gasteiger partial charge is 0.395 e. The Labute approximate surface area is 123 Å². The number of hydrogen-bond acceptors (Lipinski definition) is 3. The Morgan fingerprint density at radius 1 is 1.33 bits per heavy atom. The molecule has 4 heteroatoms. The van der Waals surface area contributed by atoms with Crippen LogP contribution < -0.4 is 5.32 Å². The molecule has 0 aliphatic heterocycles. The summed E-state index contributed by atoms with van der Waals surface area (Å²) in [6, 6.07) is 11.0. The minimum atomic E-state index is -0.297. The molecule has 2 rings (SSSR count). The zero-order valence-electron chi connectivity index (χ0n) is 11.8. The van der Waals surface area contributed by atoms with Crippen molar-refractivity contribution in [3.63, 3.8) is 0 Å². The van der Waals surface area contributed by atoms with Gasteiger partial charge in [0, 0.05) is 18.3 Å². The van der Waals surface area contributed by atoms with Gasteiger partial charge in [0.25, 0.3) is 5.91 Å². The van der Waals surface area contributed by atoms with E-state index < -0.39 is 0 Å². The quantitative estimate of drug-likeness (QED) is 0.849. The molecule has 0 unspecified atom stereocenters. The first-order valence-electron chi connectivity index (χ1n) is 6.63. The van der Waals surface area contributed by atoms with Gasteiger partial charge in [0.1, 0.15) is 5.69 Å². The second-order valence-electron chi connectivity index (χ2n) is 4.50. The smallest absolute Gasteiger partial charge is 0.275 e. The van der Waals surface area contributed by atoms with Crippen LogP contribution in [0.25, 0.3) is 0 Å². The predicted molar refractivity (Wildman–Crippen MR) is 82.0 cm³/mol. The highest BCUT2D eigenvalue weighted by molar-refractivity contribution is 6.04. The second-order valence-corrected chi connectivity index (χ2v) is 4.50. The van der Waals surface area contributed by atoms with Crippen LogP contribution in [0.3, 0.4) is 0 Å². The number of rotatable bonds is 3. The van der Waals surface area contributed by atoms with Gasteiger partial charge in [0.15, 0.2) is 0 Å². The molecular formula is C17H16N2O2. The SMILES string of the molecule is Cc1cccc(NC(=O)c2ncccc2C#CCCO)c1. The van der Waals surface area contributed by atoms with E-state index in [0.717, 1.165) is 11.3 Å². The van der Waals surface area contributed by atoms with Crippen molar-refractivity contribution in [3.8, 4) is 11.8 Å². The van der Waals surface area contributed by atoms with E-state index in [1.807, 2.05) is 31.2 Å². The van der Waals surface area contributed by atoms with Crippen LogP contribution in [-0.2, 0) is 0 Å². The number of amides is 1. The highest BCUT2D eigenvalue weighted by Gasteiger charge is 2.11. The van der Waals surface area contributed by atoms with Gasteiger partial charge < -0.3 is 10.4 Å². The lowest BCUT2D eigenvalue weighted by Crippen LogP contribution is -2.15. The monoisotopic (exact) mass is 280 g/mol. The van der Waals surface area contributed by atoms with E-state index in [0.29, 0.717) is 12.0 Å². The predicted octanol–water partition coefficient (Wildman–Crippen LogP) is 2.38. The number of anilines is 1. The van der Waals surface area contributed by atoms with Crippen molar-refractivity contribution in [1.29, 1.82) is 0 Å². The number of aryl methyl sites for hydroxylation is 1. The van der Waals surface area contributed by atoms with Crippen molar-refractivity contribution in [2.45, 2.75) is 13.3 Å². The summed E-state index contributed by atoms with van der Waals surface area (Å²) in [6.07, 6.45) is 1.93. The Kier molecular flexibility index (Phi) is 5.08. The number of benzene rings is 1. The first-order chi connectivity index (χ1) is 10.2. The van der Waals surface area contributed by atoms with Gasteiger partial charge in [0.2, 0.25) is 0 Å². The minimum Gasteiger partial charge on any atom is -0.395 e. The van der Waals surface area contributed by atoms with Crippen LogP contribution >= 0.6 is 0 Å². The maximum absolute atomic E-state index is 12.3. The highest BCUT2D eigenvalue weighted by atomic mass is 16.2. The van der Waals surface area contributed by atoms with Crippen LogP contribution in [0, 0.1) is 18.8 Å². The molecule has 1 heterocycles. The Bertz CT molecular complexity index is 699. The van der Waals surface area contributed by atoms with Gasteiger partial charge in [-0.25, -0.2) is 4.98 Å². The summed E-state index contributed by atoms with van der Waals surface area (Å²) in [4.78, 5) is 16.4. The molecule has 0 saturated heterocycles. The molecule has 1 aromatic heterocycles. The molecule has 1 aromatic carbocycles. The summed E-state index contributed by atoms with van der Waals surface area (Å²) in [6.45, 7) is 1.96. The van der Waals surface area contributed by atoms with E-state index in [1.165, 1.54) is 0 Å². The van der Waals surface area contributed by atoms with E-state index in [9.17, 15) is 4.79 Å². The molecule has 1 amide bonds. The normalized spacial score (nSPS) is 9.62. The third-order valence-corrected chi connectivity index (χ3v) is 2.76. The summed E-state index contributed by atoms with van der Waals surface area (Å²) < 4.78 is 0. The molecule has 106 valence electrons. The van der Waals surface area contributed by atoms with Crippen molar-refractivity contribution in [2.75, 3.05) is 11.9 Å². The first-order valence-corrected chi connectivity index (χ1v) is 6.63. The fraction of sp³-hybridized carbons (Fsp3) is 0.176. The van der Waals surface area contributed by atoms with Crippen molar-refractivity contribution in [3.05, 3.63) is 59.4 Å². The summed E-state index contributed by atoms with van der Waals surface area (Å²) in [7, 11) is 0. The van der Waals surface area contributed by atoms with Crippen LogP contribution in [0.5, 0.6) is 0 Å². The average molecular weight is 280 g/mol. The number of aromatic nitrogens is 1. The van der Waals surface area contributed by atoms with Gasteiger partial charge in [-0.3, -0.25) is 4.79 Å². The number of hydrogen-bond donors (Lipinski definition) is 2. The Balaban J connectivity index is 2.22. The van der Waals surface area contributed by atoms with Crippen LogP contribution in [0.4, 0.5) is 5.69 Å². The molecule has 4 nitrogen and oxygen atoms in total. The topological polar surface area (TPSA) is 62.2 Å². The van der Waals surface area contributed by atoms with Crippen LogP contribution in [0.2, 0.25) is 0 Å². The molecule has 2 N–H and O–H groups in total. The maximum atomic E-state index is 12.3.